The van der Waals surface area contributed by atoms with Crippen molar-refractivity contribution in [3.63, 3.8) is 0 Å². The molecule has 168 valence electrons. The highest BCUT2D eigenvalue weighted by Crippen LogP contribution is 2.35. The second-order valence-electron chi connectivity index (χ2n) is 8.09. The standard InChI is InChI=1S/C25H34N2O4/c1-29-13-12-27(25(28)19-30-2)17-22-16-26(15-20-8-5-4-6-9-20)18-24(22)21-10-7-11-23(14-21)31-3/h4-11,14,22,24H,12-13,15-19H2,1-3H3. The largest absolute Gasteiger partial charge is 0.497 e. The second-order valence-corrected chi connectivity index (χ2v) is 8.09. The van der Waals surface area contributed by atoms with E-state index in [2.05, 4.69) is 41.3 Å². The Bertz CT molecular complexity index is 814. The van der Waals surface area contributed by atoms with Crippen LogP contribution in [0.2, 0.25) is 0 Å². The molecule has 31 heavy (non-hydrogen) atoms. The maximum Gasteiger partial charge on any atom is 0.248 e. The molecule has 0 aromatic heterocycles. The van der Waals surface area contributed by atoms with Gasteiger partial charge in [0, 0.05) is 52.9 Å². The summed E-state index contributed by atoms with van der Waals surface area (Å²) in [5, 5.41) is 0. The minimum atomic E-state index is 0.00505. The Balaban J connectivity index is 1.80. The van der Waals surface area contributed by atoms with Gasteiger partial charge in [-0.25, -0.2) is 0 Å². The van der Waals surface area contributed by atoms with Crippen LogP contribution >= 0.6 is 0 Å². The average Bonchev–Trinajstić information content (AvgIpc) is 3.19. The molecule has 1 aliphatic rings. The van der Waals surface area contributed by atoms with E-state index < -0.39 is 0 Å². The van der Waals surface area contributed by atoms with Gasteiger partial charge in [0.1, 0.15) is 12.4 Å². The molecule has 6 heteroatoms. The summed E-state index contributed by atoms with van der Waals surface area (Å²) in [5.41, 5.74) is 2.56. The van der Waals surface area contributed by atoms with E-state index in [-0.39, 0.29) is 12.5 Å². The smallest absolute Gasteiger partial charge is 0.248 e. The fourth-order valence-corrected chi connectivity index (χ4v) is 4.38. The number of rotatable bonds is 11. The van der Waals surface area contributed by atoms with Crippen molar-refractivity contribution in [3.8, 4) is 5.75 Å². The third-order valence-corrected chi connectivity index (χ3v) is 5.93. The van der Waals surface area contributed by atoms with Crippen LogP contribution in [0.25, 0.3) is 0 Å². The highest BCUT2D eigenvalue weighted by molar-refractivity contribution is 5.77. The van der Waals surface area contributed by atoms with Crippen molar-refractivity contribution in [3.05, 3.63) is 65.7 Å². The Hall–Kier alpha value is -2.41. The molecule has 6 nitrogen and oxygen atoms in total. The molecule has 1 heterocycles. The van der Waals surface area contributed by atoms with E-state index in [9.17, 15) is 4.79 Å². The van der Waals surface area contributed by atoms with E-state index in [0.717, 1.165) is 25.4 Å². The van der Waals surface area contributed by atoms with Gasteiger partial charge in [-0.1, -0.05) is 42.5 Å². The molecule has 0 radical (unpaired) electrons. The van der Waals surface area contributed by atoms with Crippen LogP contribution in [0.3, 0.4) is 0 Å². The van der Waals surface area contributed by atoms with Crippen LogP contribution in [0.4, 0.5) is 0 Å². The summed E-state index contributed by atoms with van der Waals surface area (Å²) in [6.45, 7) is 4.64. The highest BCUT2D eigenvalue weighted by atomic mass is 16.5. The molecule has 1 saturated heterocycles. The predicted molar refractivity (Wildman–Crippen MR) is 121 cm³/mol. The van der Waals surface area contributed by atoms with E-state index in [1.165, 1.54) is 11.1 Å². The summed E-state index contributed by atoms with van der Waals surface area (Å²) < 4.78 is 15.8. The van der Waals surface area contributed by atoms with Gasteiger partial charge in [0.05, 0.1) is 13.7 Å². The second kappa shape index (κ2) is 11.8. The minimum Gasteiger partial charge on any atom is -0.497 e. The number of carbonyl (C=O) groups is 1. The van der Waals surface area contributed by atoms with Crippen LogP contribution in [0, 0.1) is 5.92 Å². The zero-order valence-corrected chi connectivity index (χ0v) is 18.8. The van der Waals surface area contributed by atoms with Gasteiger partial charge < -0.3 is 19.1 Å². The van der Waals surface area contributed by atoms with Gasteiger partial charge in [-0.15, -0.1) is 0 Å². The number of methoxy groups -OCH3 is 3. The first-order valence-electron chi connectivity index (χ1n) is 10.8. The molecule has 0 aliphatic carbocycles. The number of hydrogen-bond donors (Lipinski definition) is 0. The fourth-order valence-electron chi connectivity index (χ4n) is 4.38. The van der Waals surface area contributed by atoms with Crippen LogP contribution < -0.4 is 4.74 Å². The zero-order chi connectivity index (χ0) is 22.1. The van der Waals surface area contributed by atoms with E-state index in [4.69, 9.17) is 14.2 Å². The first kappa shape index (κ1) is 23.3. The summed E-state index contributed by atoms with van der Waals surface area (Å²) in [6, 6.07) is 18.9. The lowest BCUT2D eigenvalue weighted by atomic mass is 9.88. The van der Waals surface area contributed by atoms with Crippen molar-refractivity contribution in [2.45, 2.75) is 12.5 Å². The zero-order valence-electron chi connectivity index (χ0n) is 18.8. The highest BCUT2D eigenvalue weighted by Gasteiger charge is 2.35. The van der Waals surface area contributed by atoms with Gasteiger partial charge in [-0.2, -0.15) is 0 Å². The molecule has 0 spiro atoms. The van der Waals surface area contributed by atoms with Crippen molar-refractivity contribution in [2.24, 2.45) is 5.92 Å². The topological polar surface area (TPSA) is 51.2 Å². The van der Waals surface area contributed by atoms with Gasteiger partial charge >= 0.3 is 0 Å². The molecule has 1 aliphatic heterocycles. The Labute approximate surface area is 185 Å². The number of hydrogen-bond acceptors (Lipinski definition) is 5. The third-order valence-electron chi connectivity index (χ3n) is 5.93. The van der Waals surface area contributed by atoms with Crippen LogP contribution in [0.15, 0.2) is 54.6 Å². The lowest BCUT2D eigenvalue weighted by molar-refractivity contribution is -0.136. The molecule has 2 unspecified atom stereocenters. The maximum atomic E-state index is 12.7. The molecule has 2 aromatic rings. The summed E-state index contributed by atoms with van der Waals surface area (Å²) in [4.78, 5) is 17.0. The van der Waals surface area contributed by atoms with Gasteiger partial charge in [0.25, 0.3) is 0 Å². The van der Waals surface area contributed by atoms with Gasteiger partial charge in [-0.3, -0.25) is 9.69 Å². The number of carbonyl (C=O) groups excluding carboxylic acids is 1. The molecular weight excluding hydrogens is 392 g/mol. The van der Waals surface area contributed by atoms with Crippen LogP contribution in [-0.2, 0) is 20.8 Å². The molecule has 2 atom stereocenters. The third kappa shape index (κ3) is 6.53. The maximum absolute atomic E-state index is 12.7. The van der Waals surface area contributed by atoms with Crippen molar-refractivity contribution in [1.29, 1.82) is 0 Å². The lowest BCUT2D eigenvalue weighted by Gasteiger charge is -2.28. The predicted octanol–water partition coefficient (Wildman–Crippen LogP) is 3.03. The molecule has 3 rings (SSSR count). The normalized spacial score (nSPS) is 18.8. The Morgan fingerprint density at radius 2 is 1.84 bits per heavy atom. The van der Waals surface area contributed by atoms with Crippen LogP contribution in [0.1, 0.15) is 17.0 Å². The Morgan fingerprint density at radius 3 is 2.55 bits per heavy atom. The van der Waals surface area contributed by atoms with Crippen molar-refractivity contribution in [2.75, 3.05) is 60.7 Å². The van der Waals surface area contributed by atoms with E-state index in [1.807, 2.05) is 23.1 Å². The first-order valence-corrected chi connectivity index (χ1v) is 10.8. The number of nitrogens with zero attached hydrogens (tertiary/aromatic N) is 2. The number of amides is 1. The molecule has 0 saturated carbocycles. The summed E-state index contributed by atoms with van der Waals surface area (Å²) in [5.74, 6) is 1.50. The minimum absolute atomic E-state index is 0.00505. The number of benzene rings is 2. The molecule has 1 fully saturated rings. The summed E-state index contributed by atoms with van der Waals surface area (Å²) in [7, 11) is 4.92. The number of ether oxygens (including phenoxy) is 3. The molecule has 2 aromatic carbocycles. The van der Waals surface area contributed by atoms with E-state index in [1.54, 1.807) is 21.3 Å². The van der Waals surface area contributed by atoms with E-state index >= 15 is 0 Å². The van der Waals surface area contributed by atoms with E-state index in [0.29, 0.717) is 31.5 Å². The molecular formula is C25H34N2O4. The Kier molecular flexibility index (Phi) is 8.88. The van der Waals surface area contributed by atoms with Crippen LogP contribution in [-0.4, -0.2) is 76.4 Å². The fraction of sp³-hybridized carbons (Fsp3) is 0.480. The lowest BCUT2D eigenvalue weighted by Crippen LogP contribution is -2.41. The van der Waals surface area contributed by atoms with Gasteiger partial charge in [0.15, 0.2) is 0 Å². The first-order chi connectivity index (χ1) is 15.1. The number of likely N-dealkylation sites (tertiary alicyclic amines) is 1. The molecule has 0 bridgehead atoms. The summed E-state index contributed by atoms with van der Waals surface area (Å²) in [6.07, 6.45) is 0. The molecule has 0 N–H and O–H groups in total. The van der Waals surface area contributed by atoms with Crippen molar-refractivity contribution >= 4 is 5.91 Å². The van der Waals surface area contributed by atoms with Crippen molar-refractivity contribution < 1.29 is 19.0 Å². The van der Waals surface area contributed by atoms with Gasteiger partial charge in [-0.05, 0) is 29.2 Å². The SMILES string of the molecule is COCCN(CC1CN(Cc2ccccc2)CC1c1cccc(OC)c1)C(=O)COC. The van der Waals surface area contributed by atoms with Crippen molar-refractivity contribution in [1.82, 2.24) is 9.80 Å². The molecule has 1 amide bonds. The summed E-state index contributed by atoms with van der Waals surface area (Å²) >= 11 is 0. The monoisotopic (exact) mass is 426 g/mol. The average molecular weight is 427 g/mol. The Morgan fingerprint density at radius 1 is 1.03 bits per heavy atom. The van der Waals surface area contributed by atoms with Gasteiger partial charge in [0.2, 0.25) is 5.91 Å². The van der Waals surface area contributed by atoms with Crippen LogP contribution in [0.5, 0.6) is 5.75 Å². The quantitative estimate of drug-likeness (QED) is 0.553.